The molecule has 0 atom stereocenters. The summed E-state index contributed by atoms with van der Waals surface area (Å²) in [6.45, 7) is 0. The van der Waals surface area contributed by atoms with Crippen molar-refractivity contribution < 1.29 is 0 Å². The molecule has 6 rings (SSSR count). The normalized spacial score (nSPS) is 12.4. The van der Waals surface area contributed by atoms with E-state index in [-0.39, 0.29) is 22.3 Å². The Morgan fingerprint density at radius 2 is 0.633 bits per heavy atom. The minimum absolute atomic E-state index is 0. The SMILES string of the molecule is C.C.C.C1=Cc2ccccc2C1.C1=Cc2ccccc2C1.C1=Cc2ccccc2C1. The van der Waals surface area contributed by atoms with Crippen LogP contribution in [0.15, 0.2) is 91.0 Å². The summed E-state index contributed by atoms with van der Waals surface area (Å²) in [7, 11) is 0. The van der Waals surface area contributed by atoms with Gasteiger partial charge in [0.25, 0.3) is 0 Å². The Hall–Kier alpha value is -3.12. The Labute approximate surface area is 184 Å². The van der Waals surface area contributed by atoms with Crippen LogP contribution in [-0.4, -0.2) is 0 Å². The Kier molecular flexibility index (Phi) is 10.3. The van der Waals surface area contributed by atoms with E-state index in [1.165, 1.54) is 33.4 Å². The second kappa shape index (κ2) is 12.4. The van der Waals surface area contributed by atoms with Crippen LogP contribution in [0.2, 0.25) is 0 Å². The summed E-state index contributed by atoms with van der Waals surface area (Å²) in [6.07, 6.45) is 16.5. The summed E-state index contributed by atoms with van der Waals surface area (Å²) in [5, 5.41) is 0. The van der Waals surface area contributed by atoms with Gasteiger partial charge in [-0.05, 0) is 52.6 Å². The Morgan fingerprint density at radius 1 is 0.367 bits per heavy atom. The third-order valence-electron chi connectivity index (χ3n) is 5.07. The first-order valence-corrected chi connectivity index (χ1v) is 9.63. The molecule has 0 bridgehead atoms. The summed E-state index contributed by atoms with van der Waals surface area (Å²) in [4.78, 5) is 0. The van der Waals surface area contributed by atoms with Crippen LogP contribution in [0, 0.1) is 0 Å². The van der Waals surface area contributed by atoms with Crippen molar-refractivity contribution in [3.63, 3.8) is 0 Å². The highest BCUT2D eigenvalue weighted by Gasteiger charge is 2.01. The number of fused-ring (bicyclic) bond motifs is 3. The fraction of sp³-hybridized carbons (Fsp3) is 0.200. The third kappa shape index (κ3) is 6.19. The van der Waals surface area contributed by atoms with Crippen LogP contribution in [0.1, 0.15) is 55.7 Å². The van der Waals surface area contributed by atoms with E-state index in [0.29, 0.717) is 0 Å². The average molecular weight is 397 g/mol. The number of allylic oxidation sites excluding steroid dienone is 3. The smallest absolute Gasteiger partial charge is 0.00882 e. The van der Waals surface area contributed by atoms with E-state index in [4.69, 9.17) is 0 Å². The molecule has 3 aromatic carbocycles. The van der Waals surface area contributed by atoms with Gasteiger partial charge in [0.1, 0.15) is 0 Å². The Balaban J connectivity index is 0.000000214. The summed E-state index contributed by atoms with van der Waals surface area (Å²) in [5.74, 6) is 0. The zero-order chi connectivity index (χ0) is 18.3. The van der Waals surface area contributed by atoms with Crippen LogP contribution >= 0.6 is 0 Å². The van der Waals surface area contributed by atoms with Gasteiger partial charge in [0.05, 0.1) is 0 Å². The van der Waals surface area contributed by atoms with E-state index in [2.05, 4.69) is 109 Å². The number of rotatable bonds is 0. The lowest BCUT2D eigenvalue weighted by Crippen LogP contribution is -1.76. The molecule has 3 aliphatic rings. The van der Waals surface area contributed by atoms with Crippen LogP contribution in [0.25, 0.3) is 18.2 Å². The number of hydrogen-bond donors (Lipinski definition) is 0. The second-order valence-electron chi connectivity index (χ2n) is 6.92. The minimum Gasteiger partial charge on any atom is -0.0795 e. The van der Waals surface area contributed by atoms with Crippen molar-refractivity contribution in [3.8, 4) is 0 Å². The Bertz CT molecular complexity index is 870. The third-order valence-corrected chi connectivity index (χ3v) is 5.07. The fourth-order valence-corrected chi connectivity index (χ4v) is 3.59. The predicted molar refractivity (Wildman–Crippen MR) is 138 cm³/mol. The van der Waals surface area contributed by atoms with Crippen molar-refractivity contribution in [2.45, 2.75) is 41.5 Å². The van der Waals surface area contributed by atoms with Crippen molar-refractivity contribution in [1.29, 1.82) is 0 Å². The first-order chi connectivity index (χ1) is 13.4. The molecule has 0 unspecified atom stereocenters. The highest BCUT2D eigenvalue weighted by Crippen LogP contribution is 2.19. The molecule has 0 aromatic heterocycles. The van der Waals surface area contributed by atoms with Crippen molar-refractivity contribution in [1.82, 2.24) is 0 Å². The van der Waals surface area contributed by atoms with Gasteiger partial charge in [0.15, 0.2) is 0 Å². The lowest BCUT2D eigenvalue weighted by Gasteiger charge is -1.93. The van der Waals surface area contributed by atoms with E-state index in [0.717, 1.165) is 19.3 Å². The van der Waals surface area contributed by atoms with Gasteiger partial charge in [-0.3, -0.25) is 0 Å². The molecule has 30 heavy (non-hydrogen) atoms. The molecule has 0 saturated heterocycles. The van der Waals surface area contributed by atoms with Crippen molar-refractivity contribution in [2.24, 2.45) is 0 Å². The van der Waals surface area contributed by atoms with Crippen LogP contribution in [0.5, 0.6) is 0 Å². The molecule has 156 valence electrons. The van der Waals surface area contributed by atoms with E-state index in [1.54, 1.807) is 0 Å². The molecule has 0 fully saturated rings. The fourth-order valence-electron chi connectivity index (χ4n) is 3.59. The second-order valence-corrected chi connectivity index (χ2v) is 6.92. The van der Waals surface area contributed by atoms with E-state index < -0.39 is 0 Å². The van der Waals surface area contributed by atoms with Crippen molar-refractivity contribution in [2.75, 3.05) is 0 Å². The maximum absolute atomic E-state index is 2.20. The minimum atomic E-state index is 0. The predicted octanol–water partition coefficient (Wildman–Crippen LogP) is 8.68. The van der Waals surface area contributed by atoms with E-state index in [1.807, 2.05) is 0 Å². The van der Waals surface area contributed by atoms with Gasteiger partial charge in [0, 0.05) is 0 Å². The van der Waals surface area contributed by atoms with Crippen molar-refractivity contribution >= 4 is 18.2 Å². The lowest BCUT2D eigenvalue weighted by atomic mass is 10.1. The van der Waals surface area contributed by atoms with Crippen LogP contribution in [0.3, 0.4) is 0 Å². The van der Waals surface area contributed by atoms with Gasteiger partial charge in [-0.15, -0.1) is 0 Å². The van der Waals surface area contributed by atoms with Crippen LogP contribution in [-0.2, 0) is 19.3 Å². The molecule has 0 radical (unpaired) electrons. The summed E-state index contributed by atoms with van der Waals surface area (Å²) >= 11 is 0. The lowest BCUT2D eigenvalue weighted by molar-refractivity contribution is 1.31. The molecule has 0 heteroatoms. The monoisotopic (exact) mass is 396 g/mol. The highest BCUT2D eigenvalue weighted by molar-refractivity contribution is 5.60. The van der Waals surface area contributed by atoms with Gasteiger partial charge in [-0.2, -0.15) is 0 Å². The van der Waals surface area contributed by atoms with Gasteiger partial charge in [-0.25, -0.2) is 0 Å². The maximum atomic E-state index is 2.20. The summed E-state index contributed by atoms with van der Waals surface area (Å²) < 4.78 is 0. The van der Waals surface area contributed by atoms with Gasteiger partial charge in [-0.1, -0.05) is 132 Å². The number of hydrogen-bond acceptors (Lipinski definition) is 0. The first kappa shape index (κ1) is 24.9. The number of benzene rings is 3. The molecule has 0 N–H and O–H groups in total. The molecule has 3 aliphatic carbocycles. The summed E-state index contributed by atoms with van der Waals surface area (Å²) in [5.41, 5.74) is 8.53. The zero-order valence-electron chi connectivity index (χ0n) is 15.5. The molecule has 0 heterocycles. The van der Waals surface area contributed by atoms with Gasteiger partial charge in [0.2, 0.25) is 0 Å². The molecule has 0 amide bonds. The van der Waals surface area contributed by atoms with E-state index >= 15 is 0 Å². The van der Waals surface area contributed by atoms with Crippen molar-refractivity contribution in [3.05, 3.63) is 124 Å². The molecule has 0 nitrogen and oxygen atoms in total. The molecular formula is C30H36. The zero-order valence-corrected chi connectivity index (χ0v) is 15.5. The maximum Gasteiger partial charge on any atom is -0.00882 e. The summed E-state index contributed by atoms with van der Waals surface area (Å²) in [6, 6.07) is 25.5. The first-order valence-electron chi connectivity index (χ1n) is 9.63. The molecule has 0 spiro atoms. The highest BCUT2D eigenvalue weighted by atomic mass is 14.1. The molecule has 3 aromatic rings. The molecular weight excluding hydrogens is 360 g/mol. The average Bonchev–Trinajstić information content (AvgIpc) is 3.48. The quantitative estimate of drug-likeness (QED) is 0.356. The van der Waals surface area contributed by atoms with Crippen LogP contribution in [0.4, 0.5) is 0 Å². The Morgan fingerprint density at radius 3 is 0.900 bits per heavy atom. The van der Waals surface area contributed by atoms with Crippen LogP contribution < -0.4 is 0 Å². The standard InChI is InChI=1S/3C9H8.3CH4/c3*1-2-5-9-7-3-6-8(9)4-1;;;/h3*1-6H,7H2;3*1H4. The molecule has 0 saturated carbocycles. The van der Waals surface area contributed by atoms with Gasteiger partial charge >= 0.3 is 0 Å². The van der Waals surface area contributed by atoms with Gasteiger partial charge < -0.3 is 0 Å². The topological polar surface area (TPSA) is 0 Å². The largest absolute Gasteiger partial charge is 0.0795 e. The van der Waals surface area contributed by atoms with E-state index in [9.17, 15) is 0 Å². The molecule has 0 aliphatic heterocycles.